The monoisotopic (exact) mass is 349 g/mol. The average Bonchev–Trinajstić information content (AvgIpc) is 3.07. The van der Waals surface area contributed by atoms with E-state index in [1.54, 1.807) is 6.92 Å². The Morgan fingerprint density at radius 3 is 2.69 bits per heavy atom. The van der Waals surface area contributed by atoms with Crippen molar-refractivity contribution in [2.24, 2.45) is 0 Å². The van der Waals surface area contributed by atoms with Crippen LogP contribution in [0.5, 0.6) is 0 Å². The molecule has 1 aromatic carbocycles. The minimum Gasteiger partial charge on any atom is -0.354 e. The molecule has 6 nitrogen and oxygen atoms in total. The number of piperidine rings is 1. The summed E-state index contributed by atoms with van der Waals surface area (Å²) in [4.78, 5) is 18.2. The molecule has 4 rings (SSSR count). The van der Waals surface area contributed by atoms with E-state index in [1.807, 2.05) is 35.1 Å². The first-order valence-corrected chi connectivity index (χ1v) is 9.06. The Morgan fingerprint density at radius 2 is 1.96 bits per heavy atom. The highest BCUT2D eigenvalue weighted by molar-refractivity contribution is 5.76. The highest BCUT2D eigenvalue weighted by atomic mass is 16.1. The molecule has 0 bridgehead atoms. The van der Waals surface area contributed by atoms with Crippen LogP contribution in [0.1, 0.15) is 25.3 Å². The van der Waals surface area contributed by atoms with Gasteiger partial charge in [0.25, 0.3) is 0 Å². The Hall–Kier alpha value is -2.73. The van der Waals surface area contributed by atoms with E-state index in [0.717, 1.165) is 54.8 Å². The fraction of sp³-hybridized carbons (Fsp3) is 0.350. The van der Waals surface area contributed by atoms with Crippen LogP contribution in [0.15, 0.2) is 48.9 Å². The molecule has 1 aliphatic heterocycles. The van der Waals surface area contributed by atoms with E-state index in [-0.39, 0.29) is 5.91 Å². The molecule has 3 heterocycles. The summed E-state index contributed by atoms with van der Waals surface area (Å²) < 4.78 is 1.86. The molecule has 1 aliphatic rings. The van der Waals surface area contributed by atoms with Gasteiger partial charge in [0.15, 0.2) is 5.65 Å². The summed E-state index contributed by atoms with van der Waals surface area (Å²) in [6.45, 7) is 4.41. The first-order chi connectivity index (χ1) is 12.7. The molecule has 0 radical (unpaired) electrons. The minimum absolute atomic E-state index is 0.0611. The number of hydrogen-bond donors (Lipinski definition) is 1. The maximum atomic E-state index is 11.2. The van der Waals surface area contributed by atoms with Gasteiger partial charge in [-0.3, -0.25) is 9.69 Å². The number of amides is 1. The van der Waals surface area contributed by atoms with Crippen LogP contribution in [0.3, 0.4) is 0 Å². The lowest BCUT2D eigenvalue weighted by atomic mass is 10.0. The molecule has 0 atom stereocenters. The second-order valence-electron chi connectivity index (χ2n) is 6.91. The van der Waals surface area contributed by atoms with E-state index >= 15 is 0 Å². The molecule has 134 valence electrons. The van der Waals surface area contributed by atoms with Crippen LogP contribution < -0.4 is 5.32 Å². The quantitative estimate of drug-likeness (QED) is 0.786. The fourth-order valence-corrected chi connectivity index (χ4v) is 3.60. The molecule has 3 aromatic rings. The molecule has 2 aromatic heterocycles. The van der Waals surface area contributed by atoms with Gasteiger partial charge < -0.3 is 5.32 Å². The van der Waals surface area contributed by atoms with E-state index in [4.69, 9.17) is 0 Å². The van der Waals surface area contributed by atoms with E-state index in [1.165, 1.54) is 0 Å². The Balaban J connectivity index is 1.45. The van der Waals surface area contributed by atoms with Crippen molar-refractivity contribution in [1.82, 2.24) is 24.8 Å². The zero-order valence-electron chi connectivity index (χ0n) is 14.9. The molecule has 1 saturated heterocycles. The number of carbonyl (C=O) groups excluding carboxylic acids is 1. The average molecular weight is 349 g/mol. The maximum absolute atomic E-state index is 11.2. The van der Waals surface area contributed by atoms with Gasteiger partial charge >= 0.3 is 0 Å². The maximum Gasteiger partial charge on any atom is 0.217 e. The van der Waals surface area contributed by atoms with Crippen LogP contribution in [0.4, 0.5) is 0 Å². The number of benzene rings is 1. The van der Waals surface area contributed by atoms with Gasteiger partial charge in [-0.25, -0.2) is 9.50 Å². The lowest BCUT2D eigenvalue weighted by molar-refractivity contribution is -0.119. The highest BCUT2D eigenvalue weighted by Crippen LogP contribution is 2.23. The van der Waals surface area contributed by atoms with Crippen molar-refractivity contribution in [3.63, 3.8) is 0 Å². The molecule has 0 aliphatic carbocycles. The molecular weight excluding hydrogens is 326 g/mol. The number of hydrogen-bond acceptors (Lipinski definition) is 4. The van der Waals surface area contributed by atoms with Gasteiger partial charge in [-0.15, -0.1) is 0 Å². The number of nitrogens with zero attached hydrogens (tertiary/aromatic N) is 4. The third-order valence-electron chi connectivity index (χ3n) is 4.90. The fourth-order valence-electron chi connectivity index (χ4n) is 3.60. The van der Waals surface area contributed by atoms with Crippen molar-refractivity contribution in [3.8, 4) is 11.1 Å². The van der Waals surface area contributed by atoms with Gasteiger partial charge in [0.1, 0.15) is 0 Å². The number of rotatable bonds is 4. The number of fused-ring (bicyclic) bond motifs is 1. The molecule has 0 unspecified atom stereocenters. The molecule has 1 amide bonds. The number of aromatic nitrogens is 3. The molecule has 0 saturated carbocycles. The van der Waals surface area contributed by atoms with Crippen LogP contribution in [0, 0.1) is 0 Å². The predicted molar refractivity (Wildman–Crippen MR) is 101 cm³/mol. The standard InChI is InChI=1S/C20H23N5O/c1-15(26)23-18-7-9-24(10-8-18)13-16-11-21-20-19(12-22-25(20)14-16)17-5-3-2-4-6-17/h2-6,11-12,14,18H,7-10,13H2,1H3,(H,23,26). The zero-order chi connectivity index (χ0) is 17.9. The molecule has 0 spiro atoms. The molecule has 6 heteroatoms. The SMILES string of the molecule is CC(=O)NC1CCN(Cc2cnc3c(-c4ccccc4)cnn3c2)CC1. The van der Waals surface area contributed by atoms with E-state index in [2.05, 4.69) is 38.6 Å². The number of carbonyl (C=O) groups is 1. The largest absolute Gasteiger partial charge is 0.354 e. The van der Waals surface area contributed by atoms with E-state index < -0.39 is 0 Å². The predicted octanol–water partition coefficient (Wildman–Crippen LogP) is 2.50. The Labute approximate surface area is 152 Å². The summed E-state index contributed by atoms with van der Waals surface area (Å²) in [5, 5.41) is 7.50. The van der Waals surface area contributed by atoms with Gasteiger partial charge in [-0.05, 0) is 18.4 Å². The Bertz CT molecular complexity index is 897. The molecule has 1 fully saturated rings. The molecular formula is C20H23N5O. The van der Waals surface area contributed by atoms with Crippen molar-refractivity contribution < 1.29 is 4.79 Å². The zero-order valence-corrected chi connectivity index (χ0v) is 14.9. The third kappa shape index (κ3) is 3.60. The van der Waals surface area contributed by atoms with Crippen LogP contribution in [0.25, 0.3) is 16.8 Å². The lowest BCUT2D eigenvalue weighted by Crippen LogP contribution is -2.43. The van der Waals surface area contributed by atoms with Gasteiger partial charge in [0, 0.05) is 56.1 Å². The topological polar surface area (TPSA) is 62.5 Å². The highest BCUT2D eigenvalue weighted by Gasteiger charge is 2.20. The van der Waals surface area contributed by atoms with Crippen LogP contribution in [-0.2, 0) is 11.3 Å². The molecule has 1 N–H and O–H groups in total. The van der Waals surface area contributed by atoms with Gasteiger partial charge in [-0.2, -0.15) is 5.10 Å². The van der Waals surface area contributed by atoms with Gasteiger partial charge in [-0.1, -0.05) is 30.3 Å². The summed E-state index contributed by atoms with van der Waals surface area (Å²) in [6.07, 6.45) is 7.88. The van der Waals surface area contributed by atoms with Crippen molar-refractivity contribution in [2.75, 3.05) is 13.1 Å². The van der Waals surface area contributed by atoms with Gasteiger partial charge in [0.2, 0.25) is 5.91 Å². The number of nitrogens with one attached hydrogen (secondary N) is 1. The van der Waals surface area contributed by atoms with Crippen molar-refractivity contribution in [2.45, 2.75) is 32.4 Å². The first kappa shape index (κ1) is 16.7. The van der Waals surface area contributed by atoms with Crippen LogP contribution in [0.2, 0.25) is 0 Å². The van der Waals surface area contributed by atoms with Crippen LogP contribution in [-0.4, -0.2) is 44.5 Å². The van der Waals surface area contributed by atoms with Gasteiger partial charge in [0.05, 0.1) is 6.20 Å². The second kappa shape index (κ2) is 7.25. The van der Waals surface area contributed by atoms with Crippen molar-refractivity contribution >= 4 is 11.6 Å². The molecule has 26 heavy (non-hydrogen) atoms. The Kier molecular flexibility index (Phi) is 4.67. The lowest BCUT2D eigenvalue weighted by Gasteiger charge is -2.32. The summed E-state index contributed by atoms with van der Waals surface area (Å²) in [7, 11) is 0. The van der Waals surface area contributed by atoms with E-state index in [0.29, 0.717) is 6.04 Å². The summed E-state index contributed by atoms with van der Waals surface area (Å²) >= 11 is 0. The summed E-state index contributed by atoms with van der Waals surface area (Å²) in [5.74, 6) is 0.0611. The van der Waals surface area contributed by atoms with Crippen molar-refractivity contribution in [3.05, 3.63) is 54.5 Å². The second-order valence-corrected chi connectivity index (χ2v) is 6.91. The smallest absolute Gasteiger partial charge is 0.217 e. The minimum atomic E-state index is 0.0611. The Morgan fingerprint density at radius 1 is 1.19 bits per heavy atom. The third-order valence-corrected chi connectivity index (χ3v) is 4.90. The normalized spacial score (nSPS) is 16.0. The van der Waals surface area contributed by atoms with E-state index in [9.17, 15) is 4.79 Å². The first-order valence-electron chi connectivity index (χ1n) is 9.06. The summed E-state index contributed by atoms with van der Waals surface area (Å²) in [6, 6.07) is 10.5. The van der Waals surface area contributed by atoms with Crippen LogP contribution >= 0.6 is 0 Å². The number of likely N-dealkylation sites (tertiary alicyclic amines) is 1. The van der Waals surface area contributed by atoms with Crippen molar-refractivity contribution in [1.29, 1.82) is 0 Å². The summed E-state index contributed by atoms with van der Waals surface area (Å²) in [5.41, 5.74) is 4.21.